The van der Waals surface area contributed by atoms with E-state index in [-0.39, 0.29) is 5.91 Å². The highest BCUT2D eigenvalue weighted by molar-refractivity contribution is 6.10. The molecule has 3 aromatic rings. The van der Waals surface area contributed by atoms with Gasteiger partial charge in [-0.1, -0.05) is 24.3 Å². The summed E-state index contributed by atoms with van der Waals surface area (Å²) in [5, 5.41) is 6.19. The number of carbonyl (C=O) groups is 1. The zero-order valence-corrected chi connectivity index (χ0v) is 17.3. The van der Waals surface area contributed by atoms with Gasteiger partial charge in [-0.25, -0.2) is 4.99 Å². The van der Waals surface area contributed by atoms with Gasteiger partial charge in [-0.05, 0) is 80.3 Å². The molecule has 5 heteroatoms. The Balaban J connectivity index is 1.86. The molecule has 148 valence electrons. The molecule has 0 atom stereocenters. The number of hydrogen-bond donors (Lipinski definition) is 2. The molecule has 0 aliphatic rings. The van der Waals surface area contributed by atoms with E-state index in [1.54, 1.807) is 6.20 Å². The minimum Gasteiger partial charge on any atom is -0.326 e. The molecule has 5 nitrogen and oxygen atoms in total. The minimum absolute atomic E-state index is 0.203. The fourth-order valence-corrected chi connectivity index (χ4v) is 2.82. The minimum atomic E-state index is -0.203. The molecule has 0 unspecified atom stereocenters. The number of pyridine rings is 1. The van der Waals surface area contributed by atoms with Crippen LogP contribution in [0.4, 0.5) is 5.69 Å². The van der Waals surface area contributed by atoms with Crippen LogP contribution in [-0.4, -0.2) is 16.9 Å². The van der Waals surface area contributed by atoms with Gasteiger partial charge in [0.2, 0.25) is 5.96 Å². The Morgan fingerprint density at radius 3 is 2.45 bits per heavy atom. The predicted molar refractivity (Wildman–Crippen MR) is 118 cm³/mol. The predicted octanol–water partition coefficient (Wildman–Crippen LogP) is 4.71. The fraction of sp³-hybridized carbons (Fsp3) is 0.208. The monoisotopic (exact) mass is 386 g/mol. The van der Waals surface area contributed by atoms with E-state index in [1.807, 2.05) is 76.2 Å². The number of amides is 1. The van der Waals surface area contributed by atoms with Crippen LogP contribution < -0.4 is 10.6 Å². The largest absolute Gasteiger partial charge is 0.326 e. The lowest BCUT2D eigenvalue weighted by molar-refractivity contribution is 0.0977. The van der Waals surface area contributed by atoms with Gasteiger partial charge >= 0.3 is 0 Å². The lowest BCUT2D eigenvalue weighted by atomic mass is 10.1. The molecule has 3 rings (SSSR count). The van der Waals surface area contributed by atoms with Crippen LogP contribution in [0.1, 0.15) is 38.3 Å². The number of nitrogens with zero attached hydrogens (tertiary/aromatic N) is 2. The molecule has 2 N–H and O–H groups in total. The summed E-state index contributed by atoms with van der Waals surface area (Å²) in [5.41, 5.74) is 6.76. The van der Waals surface area contributed by atoms with Crippen molar-refractivity contribution >= 4 is 17.6 Å². The smallest absolute Gasteiger partial charge is 0.257 e. The Morgan fingerprint density at radius 2 is 1.72 bits per heavy atom. The van der Waals surface area contributed by atoms with E-state index in [1.165, 1.54) is 0 Å². The van der Waals surface area contributed by atoms with E-state index < -0.39 is 0 Å². The van der Waals surface area contributed by atoms with Crippen LogP contribution in [0.2, 0.25) is 0 Å². The van der Waals surface area contributed by atoms with Crippen LogP contribution in [0, 0.1) is 27.7 Å². The molecule has 0 spiro atoms. The molecule has 0 bridgehead atoms. The topological polar surface area (TPSA) is 66.4 Å². The van der Waals surface area contributed by atoms with Gasteiger partial charge in [0, 0.05) is 17.4 Å². The van der Waals surface area contributed by atoms with Gasteiger partial charge in [0.05, 0.1) is 12.2 Å². The summed E-state index contributed by atoms with van der Waals surface area (Å²) in [6, 6.07) is 17.5. The normalized spacial score (nSPS) is 11.2. The van der Waals surface area contributed by atoms with Crippen LogP contribution >= 0.6 is 0 Å². The summed E-state index contributed by atoms with van der Waals surface area (Å²) in [6.45, 7) is 8.43. The van der Waals surface area contributed by atoms with Gasteiger partial charge in [-0.3, -0.25) is 15.1 Å². The number of aliphatic imine (C=N–C) groups is 1. The van der Waals surface area contributed by atoms with Crippen LogP contribution in [0.15, 0.2) is 65.8 Å². The van der Waals surface area contributed by atoms with Gasteiger partial charge in [0.15, 0.2) is 0 Å². The maximum atomic E-state index is 12.8. The van der Waals surface area contributed by atoms with Crippen molar-refractivity contribution < 1.29 is 4.79 Å². The molecular weight excluding hydrogens is 360 g/mol. The van der Waals surface area contributed by atoms with Crippen molar-refractivity contribution in [3.05, 3.63) is 94.3 Å². The van der Waals surface area contributed by atoms with Crippen LogP contribution in [0.5, 0.6) is 0 Å². The van der Waals surface area contributed by atoms with E-state index in [0.29, 0.717) is 18.1 Å². The van der Waals surface area contributed by atoms with Crippen molar-refractivity contribution in [1.82, 2.24) is 10.3 Å². The van der Waals surface area contributed by atoms with E-state index >= 15 is 0 Å². The van der Waals surface area contributed by atoms with E-state index in [9.17, 15) is 4.79 Å². The van der Waals surface area contributed by atoms with Gasteiger partial charge < -0.3 is 5.32 Å². The van der Waals surface area contributed by atoms with E-state index in [2.05, 4.69) is 26.7 Å². The molecular formula is C24H26N4O. The van der Waals surface area contributed by atoms with Gasteiger partial charge in [-0.15, -0.1) is 0 Å². The quantitative estimate of drug-likeness (QED) is 0.504. The molecule has 2 aromatic carbocycles. The Bertz CT molecular complexity index is 1040. The van der Waals surface area contributed by atoms with Gasteiger partial charge in [0.25, 0.3) is 5.91 Å². The molecule has 0 fully saturated rings. The molecule has 0 aliphatic heterocycles. The Kier molecular flexibility index (Phi) is 6.39. The lowest BCUT2D eigenvalue weighted by Crippen LogP contribution is -2.36. The highest BCUT2D eigenvalue weighted by Gasteiger charge is 2.11. The third kappa shape index (κ3) is 5.51. The number of aryl methyl sites for hydroxylation is 4. The summed E-state index contributed by atoms with van der Waals surface area (Å²) in [5.74, 6) is 0.193. The van der Waals surface area contributed by atoms with E-state index in [4.69, 9.17) is 0 Å². The zero-order chi connectivity index (χ0) is 20.8. The molecule has 1 heterocycles. The number of aromatic nitrogens is 1. The molecule has 0 saturated carbocycles. The van der Waals surface area contributed by atoms with Crippen LogP contribution in [-0.2, 0) is 6.54 Å². The number of hydrogen-bond acceptors (Lipinski definition) is 3. The van der Waals surface area contributed by atoms with Crippen molar-refractivity contribution in [3.8, 4) is 0 Å². The maximum Gasteiger partial charge on any atom is 0.257 e. The average Bonchev–Trinajstić information content (AvgIpc) is 2.71. The van der Waals surface area contributed by atoms with E-state index in [0.717, 1.165) is 33.6 Å². The standard InChI is InChI=1S/C24H26N4O/c1-16-8-9-18(3)22(13-16)27-24(26-15-21-7-5-6-12-25-21)28-23(29)20-11-10-17(2)19(4)14-20/h5-14H,15H2,1-4H3,(H2,26,27,28,29). The first kappa shape index (κ1) is 20.3. The summed E-state index contributed by atoms with van der Waals surface area (Å²) < 4.78 is 0. The SMILES string of the molecule is Cc1ccc(C)c(NC(=NCc2ccccn2)NC(=O)c2ccc(C)c(C)c2)c1. The highest BCUT2D eigenvalue weighted by atomic mass is 16.1. The first-order chi connectivity index (χ1) is 13.9. The lowest BCUT2D eigenvalue weighted by Gasteiger charge is -2.15. The first-order valence-electron chi connectivity index (χ1n) is 9.59. The first-order valence-corrected chi connectivity index (χ1v) is 9.59. The second-order valence-electron chi connectivity index (χ2n) is 7.18. The number of anilines is 1. The second kappa shape index (κ2) is 9.15. The Labute approximate surface area is 171 Å². The third-order valence-corrected chi connectivity index (χ3v) is 4.77. The van der Waals surface area contributed by atoms with Crippen molar-refractivity contribution in [2.24, 2.45) is 4.99 Å². The van der Waals surface area contributed by atoms with Gasteiger partial charge in [0.1, 0.15) is 0 Å². The fourth-order valence-electron chi connectivity index (χ4n) is 2.82. The van der Waals surface area contributed by atoms with Crippen molar-refractivity contribution in [2.45, 2.75) is 34.2 Å². The molecule has 0 aliphatic carbocycles. The van der Waals surface area contributed by atoms with Gasteiger partial charge in [-0.2, -0.15) is 0 Å². The summed E-state index contributed by atoms with van der Waals surface area (Å²) in [7, 11) is 0. The average molecular weight is 386 g/mol. The Morgan fingerprint density at radius 1 is 0.931 bits per heavy atom. The number of rotatable bonds is 4. The van der Waals surface area contributed by atoms with Crippen molar-refractivity contribution in [2.75, 3.05) is 5.32 Å². The van der Waals surface area contributed by atoms with Crippen LogP contribution in [0.25, 0.3) is 0 Å². The third-order valence-electron chi connectivity index (χ3n) is 4.77. The number of guanidine groups is 1. The summed E-state index contributed by atoms with van der Waals surface area (Å²) in [6.07, 6.45) is 1.73. The molecule has 0 radical (unpaired) electrons. The molecule has 29 heavy (non-hydrogen) atoms. The summed E-state index contributed by atoms with van der Waals surface area (Å²) >= 11 is 0. The number of nitrogens with one attached hydrogen (secondary N) is 2. The highest BCUT2D eigenvalue weighted by Crippen LogP contribution is 2.16. The second-order valence-corrected chi connectivity index (χ2v) is 7.18. The maximum absolute atomic E-state index is 12.8. The van der Waals surface area contributed by atoms with Crippen molar-refractivity contribution in [3.63, 3.8) is 0 Å². The number of benzene rings is 2. The molecule has 1 aromatic heterocycles. The van der Waals surface area contributed by atoms with Crippen LogP contribution in [0.3, 0.4) is 0 Å². The number of carbonyl (C=O) groups excluding carboxylic acids is 1. The molecule has 1 amide bonds. The zero-order valence-electron chi connectivity index (χ0n) is 17.3. The molecule has 0 saturated heterocycles. The summed E-state index contributed by atoms with van der Waals surface area (Å²) in [4.78, 5) is 21.7. The van der Waals surface area contributed by atoms with Crippen molar-refractivity contribution in [1.29, 1.82) is 0 Å². The Hall–Kier alpha value is -3.47.